The Morgan fingerprint density at radius 2 is 1.98 bits per heavy atom. The molecule has 0 radical (unpaired) electrons. The van der Waals surface area contributed by atoms with E-state index in [2.05, 4.69) is 89.5 Å². The highest BCUT2D eigenvalue weighted by molar-refractivity contribution is 9.12. The number of nitrogens with zero attached hydrogens (tertiary/aromatic N) is 1. The van der Waals surface area contributed by atoms with Crippen LogP contribution in [0.4, 0.5) is 5.95 Å². The van der Waals surface area contributed by atoms with Gasteiger partial charge >= 0.3 is 5.95 Å². The van der Waals surface area contributed by atoms with Crippen LogP contribution in [0.5, 0.6) is 5.75 Å². The zero-order valence-corrected chi connectivity index (χ0v) is 29.9. The number of oxime groups is 1. The molecular weight excluding hydrogens is 838 g/mol. The first kappa shape index (κ1) is 34.4. The Bertz CT molecular complexity index is 1470. The first-order chi connectivity index (χ1) is 20.9. The molecule has 0 saturated carbocycles. The van der Waals surface area contributed by atoms with Gasteiger partial charge in [-0.2, -0.15) is 0 Å². The van der Waals surface area contributed by atoms with Crippen molar-refractivity contribution in [1.29, 1.82) is 0 Å². The van der Waals surface area contributed by atoms with Gasteiger partial charge in [0.05, 0.1) is 43.9 Å². The van der Waals surface area contributed by atoms with Crippen LogP contribution in [-0.4, -0.2) is 72.2 Å². The zero-order chi connectivity index (χ0) is 32.0. The van der Waals surface area contributed by atoms with E-state index in [-0.39, 0.29) is 18.0 Å². The molecule has 9 N–H and O–H groups in total. The summed E-state index contributed by atoms with van der Waals surface area (Å²) in [7, 11) is 1.49. The van der Waals surface area contributed by atoms with Crippen LogP contribution < -0.4 is 31.8 Å². The Morgan fingerprint density at radius 3 is 2.64 bits per heavy atom. The fraction of sp³-hybridized carbons (Fsp3) is 0.407. The normalized spacial score (nSPS) is 20.1. The Balaban J connectivity index is 1.19. The second kappa shape index (κ2) is 15.2. The molecule has 1 aromatic heterocycles. The number of nitrogens with two attached hydrogens (primary N) is 2. The summed E-state index contributed by atoms with van der Waals surface area (Å²) in [4.78, 5) is 36.5. The van der Waals surface area contributed by atoms with E-state index in [1.807, 2.05) is 12.1 Å². The van der Waals surface area contributed by atoms with Crippen molar-refractivity contribution in [3.63, 3.8) is 0 Å². The van der Waals surface area contributed by atoms with E-state index in [0.717, 1.165) is 11.3 Å². The fourth-order valence-electron chi connectivity index (χ4n) is 4.58. The van der Waals surface area contributed by atoms with Crippen LogP contribution in [0.25, 0.3) is 0 Å². The van der Waals surface area contributed by atoms with Crippen LogP contribution in [0.3, 0.4) is 0 Å². The van der Waals surface area contributed by atoms with Gasteiger partial charge in [-0.3, -0.25) is 15.3 Å². The largest absolute Gasteiger partial charge is 0.495 e. The van der Waals surface area contributed by atoms with Gasteiger partial charge < -0.3 is 35.8 Å². The molecule has 2 aliphatic rings. The van der Waals surface area contributed by atoms with Gasteiger partial charge in [-0.05, 0) is 100 Å². The van der Waals surface area contributed by atoms with E-state index in [9.17, 15) is 14.7 Å². The predicted molar refractivity (Wildman–Crippen MR) is 177 cm³/mol. The third kappa shape index (κ3) is 8.23. The van der Waals surface area contributed by atoms with Crippen molar-refractivity contribution in [3.8, 4) is 5.75 Å². The number of nitrogens with one attached hydrogen (secondary N) is 4. The van der Waals surface area contributed by atoms with Gasteiger partial charge in [-0.1, -0.05) is 5.16 Å². The fourth-order valence-corrected chi connectivity index (χ4v) is 7.88. The number of hydrogen-bond donors (Lipinski definition) is 6. The minimum absolute atomic E-state index is 0.0805. The van der Waals surface area contributed by atoms with Gasteiger partial charge in [0.1, 0.15) is 29.0 Å². The number of nitrogen functional groups attached to an aromatic ring is 1. The van der Waals surface area contributed by atoms with Gasteiger partial charge in [0.25, 0.3) is 5.91 Å². The number of aliphatic hydroxyl groups excluding tert-OH is 1. The lowest BCUT2D eigenvalue weighted by Crippen LogP contribution is -2.45. The molecule has 17 heteroatoms. The second-order valence-electron chi connectivity index (χ2n) is 10.1. The summed E-state index contributed by atoms with van der Waals surface area (Å²) in [6, 6.07) is 2.99. The number of anilines is 1. The van der Waals surface area contributed by atoms with Crippen molar-refractivity contribution in [3.05, 3.63) is 59.3 Å². The van der Waals surface area contributed by atoms with E-state index in [0.29, 0.717) is 74.3 Å². The first-order valence-electron chi connectivity index (χ1n) is 13.5. The quantitative estimate of drug-likeness (QED) is 0.165. The van der Waals surface area contributed by atoms with E-state index in [1.54, 1.807) is 12.3 Å². The van der Waals surface area contributed by atoms with Crippen molar-refractivity contribution >= 4 is 87.2 Å². The summed E-state index contributed by atoms with van der Waals surface area (Å²) < 4.78 is 13.6. The highest BCUT2D eigenvalue weighted by atomic mass is 79.9. The molecule has 44 heavy (non-hydrogen) atoms. The zero-order valence-electron chi connectivity index (χ0n) is 23.5. The summed E-state index contributed by atoms with van der Waals surface area (Å²) in [5, 5.41) is 20.3. The Labute approximate surface area is 287 Å². The van der Waals surface area contributed by atoms with Gasteiger partial charge in [0.15, 0.2) is 5.60 Å². The maximum Gasteiger partial charge on any atom is 0.350 e. The summed E-state index contributed by atoms with van der Waals surface area (Å²) in [6.45, 7) is 1.08. The van der Waals surface area contributed by atoms with Crippen molar-refractivity contribution < 1.29 is 34.0 Å². The number of methoxy groups -OCH3 is 1. The minimum atomic E-state index is -1.22. The van der Waals surface area contributed by atoms with E-state index < -0.39 is 23.7 Å². The summed E-state index contributed by atoms with van der Waals surface area (Å²) >= 11 is 13.8. The van der Waals surface area contributed by atoms with Gasteiger partial charge in [0, 0.05) is 25.9 Å². The smallest absolute Gasteiger partial charge is 0.350 e. The number of aromatic nitrogens is 2. The van der Waals surface area contributed by atoms with Crippen molar-refractivity contribution in [1.82, 2.24) is 15.6 Å². The molecule has 1 aromatic carbocycles. The van der Waals surface area contributed by atoms with Gasteiger partial charge in [-0.25, -0.2) is 9.97 Å². The standard InChI is InChI=1S/C27H31Br4N7O6/c1-42-22-17(30)10-27(23(39)20(22)31)11-19(38-44-27)25(41)34-4-2-6-43-21-15(28)7-13(8-16(21)29)9-18(32)24(40)35-5-3-14-12-36-26(33)37-14/h7-8,10,12,18,23,39H,2-6,9,11,32H2,1H3,(H,34,41)(H,35,40)(H3,33,36,37)/p+1/t18?,23?,27-/m0/s1. The summed E-state index contributed by atoms with van der Waals surface area (Å²) in [5.41, 5.74) is 12.4. The molecule has 1 spiro atoms. The van der Waals surface area contributed by atoms with Crippen molar-refractivity contribution in [2.24, 2.45) is 10.9 Å². The van der Waals surface area contributed by atoms with Crippen LogP contribution in [0.1, 0.15) is 24.1 Å². The topological polar surface area (TPSA) is 200 Å². The van der Waals surface area contributed by atoms with Crippen LogP contribution in [0.2, 0.25) is 0 Å². The predicted octanol–water partition coefficient (Wildman–Crippen LogP) is 2.47. The number of amides is 2. The number of imidazole rings is 1. The number of carbonyl (C=O) groups is 2. The number of H-pyrrole nitrogens is 2. The van der Waals surface area contributed by atoms with Crippen molar-refractivity contribution in [2.75, 3.05) is 32.5 Å². The molecule has 1 aliphatic carbocycles. The van der Waals surface area contributed by atoms with Gasteiger partial charge in [0.2, 0.25) is 5.91 Å². The van der Waals surface area contributed by atoms with E-state index >= 15 is 0 Å². The summed E-state index contributed by atoms with van der Waals surface area (Å²) in [5.74, 6) is 0.843. The Morgan fingerprint density at radius 1 is 1.25 bits per heavy atom. The number of aliphatic hydroxyl groups is 1. The molecule has 1 aliphatic heterocycles. The van der Waals surface area contributed by atoms with Crippen LogP contribution in [0, 0.1) is 0 Å². The Hall–Kier alpha value is -2.44. The van der Waals surface area contributed by atoms with Crippen LogP contribution in [0.15, 0.2) is 53.2 Å². The number of allylic oxidation sites excluding steroid dienone is 1. The molecule has 3 atom stereocenters. The number of carbonyl (C=O) groups excluding carboxylic acids is 2. The molecule has 0 saturated heterocycles. The average molecular weight is 870 g/mol. The lowest BCUT2D eigenvalue weighted by Gasteiger charge is -2.33. The number of ether oxygens (including phenoxy) is 2. The lowest BCUT2D eigenvalue weighted by molar-refractivity contribution is -0.358. The number of rotatable bonds is 13. The number of benzene rings is 1. The van der Waals surface area contributed by atoms with E-state index in [1.165, 1.54) is 7.11 Å². The third-order valence-electron chi connectivity index (χ3n) is 6.84. The third-order valence-corrected chi connectivity index (χ3v) is 9.40. The van der Waals surface area contributed by atoms with Crippen LogP contribution in [-0.2, 0) is 32.0 Å². The number of halogens is 4. The van der Waals surface area contributed by atoms with Crippen molar-refractivity contribution in [2.45, 2.75) is 43.4 Å². The average Bonchev–Trinajstić information content (AvgIpc) is 3.59. The molecule has 238 valence electrons. The van der Waals surface area contributed by atoms with E-state index in [4.69, 9.17) is 25.8 Å². The second-order valence-corrected chi connectivity index (χ2v) is 13.5. The van der Waals surface area contributed by atoms with Crippen LogP contribution >= 0.6 is 63.7 Å². The Kier molecular flexibility index (Phi) is 11.9. The lowest BCUT2D eigenvalue weighted by atomic mass is 9.87. The molecule has 2 aromatic rings. The molecule has 13 nitrogen and oxygen atoms in total. The molecule has 2 amide bonds. The highest BCUT2D eigenvalue weighted by Crippen LogP contribution is 2.44. The monoisotopic (exact) mass is 866 g/mol. The molecule has 2 heterocycles. The maximum absolute atomic E-state index is 12.7. The maximum atomic E-state index is 12.7. The molecule has 4 rings (SSSR count). The number of hydrogen-bond acceptors (Lipinski definition) is 9. The SMILES string of the molecule is COC1=C(Br)C(O)[C@]2(C=C1Br)CC(C(=O)NCCCOc1c(Br)cc(CC(N)C(=O)NCCc3c[nH+]c(N)[nH]3)cc1Br)=NO2. The highest BCUT2D eigenvalue weighted by Gasteiger charge is 2.50. The first-order valence-corrected chi connectivity index (χ1v) is 16.6. The molecule has 2 unspecified atom stereocenters. The molecular formula is C27H32Br4N7O6+. The molecule has 0 bridgehead atoms. The number of aromatic amines is 2. The van der Waals surface area contributed by atoms with Gasteiger partial charge in [-0.15, -0.1) is 0 Å². The summed E-state index contributed by atoms with van der Waals surface area (Å²) in [6.07, 6.45) is 3.82. The minimum Gasteiger partial charge on any atom is -0.495 e. The molecule has 0 fully saturated rings.